The van der Waals surface area contributed by atoms with E-state index < -0.39 is 0 Å². The van der Waals surface area contributed by atoms with Crippen molar-refractivity contribution in [1.82, 2.24) is 20.2 Å². The summed E-state index contributed by atoms with van der Waals surface area (Å²) in [6.45, 7) is 6.47. The van der Waals surface area contributed by atoms with Crippen LogP contribution in [-0.4, -0.2) is 38.0 Å². The van der Waals surface area contributed by atoms with E-state index >= 15 is 0 Å². The molecule has 7 nitrogen and oxygen atoms in total. The van der Waals surface area contributed by atoms with Crippen molar-refractivity contribution in [3.8, 4) is 11.4 Å². The lowest BCUT2D eigenvalue weighted by molar-refractivity contribution is -0.115. The highest BCUT2D eigenvalue weighted by Crippen LogP contribution is 2.24. The molecule has 0 bridgehead atoms. The lowest BCUT2D eigenvalue weighted by Gasteiger charge is -2.12. The molecule has 0 saturated carbocycles. The van der Waals surface area contributed by atoms with Gasteiger partial charge in [-0.05, 0) is 72.7 Å². The van der Waals surface area contributed by atoms with Crippen molar-refractivity contribution < 1.29 is 9.53 Å². The normalized spacial score (nSPS) is 11.8. The molecular weight excluding hydrogens is 374 g/mol. The minimum absolute atomic E-state index is 0.120. The summed E-state index contributed by atoms with van der Waals surface area (Å²) in [6.07, 6.45) is 0.972. The van der Waals surface area contributed by atoms with Crippen LogP contribution in [0, 0.1) is 0 Å². The van der Waals surface area contributed by atoms with E-state index in [-0.39, 0.29) is 11.2 Å². The fourth-order valence-electron chi connectivity index (χ4n) is 2.54. The number of amides is 1. The zero-order valence-electron chi connectivity index (χ0n) is 16.1. The van der Waals surface area contributed by atoms with E-state index in [0.717, 1.165) is 23.5 Å². The number of rotatable bonds is 8. The van der Waals surface area contributed by atoms with Crippen LogP contribution in [0.3, 0.4) is 0 Å². The van der Waals surface area contributed by atoms with Crippen LogP contribution in [0.2, 0.25) is 0 Å². The summed E-state index contributed by atoms with van der Waals surface area (Å²) in [5.41, 5.74) is 2.83. The third-order valence-electron chi connectivity index (χ3n) is 4.11. The molecule has 3 rings (SSSR count). The van der Waals surface area contributed by atoms with Crippen LogP contribution in [0.1, 0.15) is 26.3 Å². The summed E-state index contributed by atoms with van der Waals surface area (Å²) >= 11 is 1.31. The molecule has 28 heavy (non-hydrogen) atoms. The summed E-state index contributed by atoms with van der Waals surface area (Å²) in [5.74, 6) is 0.654. The van der Waals surface area contributed by atoms with Crippen LogP contribution in [0.15, 0.2) is 53.7 Å². The second-order valence-electron chi connectivity index (χ2n) is 6.10. The highest BCUT2D eigenvalue weighted by atomic mass is 32.2. The summed E-state index contributed by atoms with van der Waals surface area (Å²) in [6, 6.07) is 15.4. The Hall–Kier alpha value is -2.87. The Bertz CT molecular complexity index is 909. The van der Waals surface area contributed by atoms with Gasteiger partial charge in [0.15, 0.2) is 0 Å². The fourth-order valence-corrected chi connectivity index (χ4v) is 3.35. The van der Waals surface area contributed by atoms with Crippen molar-refractivity contribution in [2.75, 3.05) is 11.9 Å². The predicted molar refractivity (Wildman–Crippen MR) is 110 cm³/mol. The molecular formula is C20H23N5O2S. The molecule has 1 aromatic heterocycles. The van der Waals surface area contributed by atoms with E-state index in [1.165, 1.54) is 17.3 Å². The fraction of sp³-hybridized carbons (Fsp3) is 0.300. The lowest BCUT2D eigenvalue weighted by atomic mass is 10.1. The standard InChI is InChI=1S/C20H23N5O2S/c1-4-15-6-10-17(11-7-15)25-20(22-23-24-25)28-14(3)19(26)21-16-8-12-18(13-9-16)27-5-2/h6-14H,4-5H2,1-3H3,(H,21,26). The Labute approximate surface area is 168 Å². The Balaban J connectivity index is 1.65. The number of carbonyl (C=O) groups excluding carboxylic acids is 1. The quantitative estimate of drug-likeness (QED) is 0.583. The maximum Gasteiger partial charge on any atom is 0.237 e. The van der Waals surface area contributed by atoms with Crippen LogP contribution in [0.5, 0.6) is 5.75 Å². The molecule has 0 spiro atoms. The molecule has 0 aliphatic carbocycles. The number of tetrazole rings is 1. The van der Waals surface area contributed by atoms with Gasteiger partial charge >= 0.3 is 0 Å². The molecule has 0 radical (unpaired) electrons. The van der Waals surface area contributed by atoms with E-state index in [2.05, 4.69) is 27.8 Å². The third-order valence-corrected chi connectivity index (χ3v) is 5.15. The number of anilines is 1. The van der Waals surface area contributed by atoms with E-state index in [1.54, 1.807) is 4.68 Å². The summed E-state index contributed by atoms with van der Waals surface area (Å²) in [5, 5.41) is 15.0. The summed E-state index contributed by atoms with van der Waals surface area (Å²) < 4.78 is 7.05. The predicted octanol–water partition coefficient (Wildman–Crippen LogP) is 3.74. The average molecular weight is 398 g/mol. The SMILES string of the molecule is CCOc1ccc(NC(=O)C(C)Sc2nnnn2-c2ccc(CC)cc2)cc1. The second kappa shape index (κ2) is 9.36. The van der Waals surface area contributed by atoms with Crippen LogP contribution >= 0.6 is 11.8 Å². The van der Waals surface area contributed by atoms with Gasteiger partial charge < -0.3 is 10.1 Å². The first-order chi connectivity index (χ1) is 13.6. The molecule has 1 N–H and O–H groups in total. The first kappa shape index (κ1) is 19.9. The molecule has 8 heteroatoms. The molecule has 1 unspecified atom stereocenters. The molecule has 1 heterocycles. The number of aromatic nitrogens is 4. The number of hydrogen-bond acceptors (Lipinski definition) is 6. The molecule has 2 aromatic carbocycles. The van der Waals surface area contributed by atoms with Crippen LogP contribution in [-0.2, 0) is 11.2 Å². The molecule has 146 valence electrons. The van der Waals surface area contributed by atoms with Gasteiger partial charge in [-0.1, -0.05) is 30.8 Å². The monoisotopic (exact) mass is 397 g/mol. The lowest BCUT2D eigenvalue weighted by Crippen LogP contribution is -2.22. The zero-order valence-corrected chi connectivity index (χ0v) is 16.9. The molecule has 1 atom stereocenters. The zero-order chi connectivity index (χ0) is 19.9. The van der Waals surface area contributed by atoms with E-state index in [0.29, 0.717) is 11.8 Å². The van der Waals surface area contributed by atoms with Gasteiger partial charge in [0.1, 0.15) is 5.75 Å². The van der Waals surface area contributed by atoms with Crippen LogP contribution < -0.4 is 10.1 Å². The van der Waals surface area contributed by atoms with Gasteiger partial charge in [-0.2, -0.15) is 4.68 Å². The highest BCUT2D eigenvalue weighted by Gasteiger charge is 2.19. The summed E-state index contributed by atoms with van der Waals surface area (Å²) in [7, 11) is 0. The second-order valence-corrected chi connectivity index (χ2v) is 7.41. The van der Waals surface area contributed by atoms with Gasteiger partial charge in [0.2, 0.25) is 11.1 Å². The number of aryl methyl sites for hydroxylation is 1. The van der Waals surface area contributed by atoms with Gasteiger partial charge in [-0.15, -0.1) is 5.10 Å². The number of thioether (sulfide) groups is 1. The first-order valence-electron chi connectivity index (χ1n) is 9.18. The van der Waals surface area contributed by atoms with Gasteiger partial charge in [0.25, 0.3) is 0 Å². The van der Waals surface area contributed by atoms with Gasteiger partial charge in [-0.3, -0.25) is 4.79 Å². The Kier molecular flexibility index (Phi) is 6.65. The molecule has 0 aliphatic rings. The smallest absolute Gasteiger partial charge is 0.237 e. The van der Waals surface area contributed by atoms with Gasteiger partial charge in [0.05, 0.1) is 17.5 Å². The number of nitrogens with one attached hydrogen (secondary N) is 1. The van der Waals surface area contributed by atoms with Gasteiger partial charge in [-0.25, -0.2) is 0 Å². The van der Waals surface area contributed by atoms with Gasteiger partial charge in [0, 0.05) is 5.69 Å². The van der Waals surface area contributed by atoms with Crippen molar-refractivity contribution in [3.05, 3.63) is 54.1 Å². The van der Waals surface area contributed by atoms with Crippen molar-refractivity contribution in [2.24, 2.45) is 0 Å². The topological polar surface area (TPSA) is 81.9 Å². The Morgan fingerprint density at radius 1 is 1.14 bits per heavy atom. The van der Waals surface area contributed by atoms with Crippen LogP contribution in [0.25, 0.3) is 5.69 Å². The number of benzene rings is 2. The maximum absolute atomic E-state index is 12.5. The Morgan fingerprint density at radius 2 is 1.86 bits per heavy atom. The van der Waals surface area contributed by atoms with Crippen LogP contribution in [0.4, 0.5) is 5.69 Å². The largest absolute Gasteiger partial charge is 0.494 e. The number of ether oxygens (including phenoxy) is 1. The number of carbonyl (C=O) groups is 1. The average Bonchev–Trinajstić information content (AvgIpc) is 3.17. The van der Waals surface area contributed by atoms with Crippen molar-refractivity contribution in [3.63, 3.8) is 0 Å². The molecule has 0 fully saturated rings. The molecule has 0 saturated heterocycles. The third kappa shape index (κ3) is 4.89. The molecule has 1 amide bonds. The minimum atomic E-state index is -0.369. The minimum Gasteiger partial charge on any atom is -0.494 e. The first-order valence-corrected chi connectivity index (χ1v) is 10.1. The van der Waals surface area contributed by atoms with Crippen molar-refractivity contribution >= 4 is 23.4 Å². The Morgan fingerprint density at radius 3 is 2.50 bits per heavy atom. The van der Waals surface area contributed by atoms with E-state index in [1.807, 2.05) is 62.4 Å². The summed E-state index contributed by atoms with van der Waals surface area (Å²) in [4.78, 5) is 12.5. The van der Waals surface area contributed by atoms with E-state index in [9.17, 15) is 4.79 Å². The number of hydrogen-bond donors (Lipinski definition) is 1. The highest BCUT2D eigenvalue weighted by molar-refractivity contribution is 8.00. The molecule has 3 aromatic rings. The van der Waals surface area contributed by atoms with E-state index in [4.69, 9.17) is 4.74 Å². The van der Waals surface area contributed by atoms with Crippen molar-refractivity contribution in [2.45, 2.75) is 37.6 Å². The van der Waals surface area contributed by atoms with Crippen molar-refractivity contribution in [1.29, 1.82) is 0 Å². The molecule has 0 aliphatic heterocycles. The maximum atomic E-state index is 12.5. The number of nitrogens with zero attached hydrogens (tertiary/aromatic N) is 4.